The zero-order valence-corrected chi connectivity index (χ0v) is 10.2. The maximum atomic E-state index is 10.7. The number of halogens is 1. The monoisotopic (exact) mass is 260 g/mol. The van der Waals surface area contributed by atoms with Gasteiger partial charge in [-0.25, -0.2) is 4.79 Å². The highest BCUT2D eigenvalue weighted by Gasteiger charge is 2.22. The molecule has 6 heteroatoms. The summed E-state index contributed by atoms with van der Waals surface area (Å²) in [5, 5.41) is 18.5. The highest BCUT2D eigenvalue weighted by molar-refractivity contribution is 6.32. The molecule has 2 N–H and O–H groups in total. The van der Waals surface area contributed by atoms with E-state index in [-0.39, 0.29) is 16.3 Å². The Morgan fingerprint density at radius 3 is 2.59 bits per heavy atom. The van der Waals surface area contributed by atoms with Crippen molar-refractivity contribution in [3.8, 4) is 11.5 Å². The summed E-state index contributed by atoms with van der Waals surface area (Å²) in [4.78, 5) is 10.7. The summed E-state index contributed by atoms with van der Waals surface area (Å²) in [6, 6.07) is 2.78. The average molecular weight is 261 g/mol. The van der Waals surface area contributed by atoms with Crippen LogP contribution in [-0.2, 0) is 4.79 Å². The minimum atomic E-state index is -1.68. The van der Waals surface area contributed by atoms with Crippen molar-refractivity contribution >= 4 is 17.6 Å². The molecule has 5 nitrogen and oxygen atoms in total. The van der Waals surface area contributed by atoms with Crippen LogP contribution in [0.4, 0.5) is 0 Å². The Morgan fingerprint density at radius 1 is 1.47 bits per heavy atom. The van der Waals surface area contributed by atoms with Gasteiger partial charge in [0.25, 0.3) is 0 Å². The van der Waals surface area contributed by atoms with E-state index in [1.807, 2.05) is 0 Å². The van der Waals surface area contributed by atoms with Gasteiger partial charge in [-0.15, -0.1) is 0 Å². The van der Waals surface area contributed by atoms with Crippen LogP contribution in [-0.4, -0.2) is 29.9 Å². The molecule has 17 heavy (non-hydrogen) atoms. The number of hydrogen-bond acceptors (Lipinski definition) is 4. The van der Waals surface area contributed by atoms with E-state index in [4.69, 9.17) is 26.2 Å². The Hall–Kier alpha value is -1.46. The molecule has 0 aliphatic rings. The average Bonchev–Trinajstić information content (AvgIpc) is 2.30. The lowest BCUT2D eigenvalue weighted by Gasteiger charge is -2.15. The van der Waals surface area contributed by atoms with E-state index in [1.54, 1.807) is 6.92 Å². The zero-order valence-electron chi connectivity index (χ0n) is 9.44. The molecule has 0 bridgehead atoms. The van der Waals surface area contributed by atoms with Crippen LogP contribution >= 0.6 is 11.6 Å². The van der Waals surface area contributed by atoms with Crippen molar-refractivity contribution in [2.24, 2.45) is 0 Å². The Kier molecular flexibility index (Phi) is 4.60. The first-order chi connectivity index (χ1) is 8.01. The van der Waals surface area contributed by atoms with Gasteiger partial charge in [0.15, 0.2) is 6.10 Å². The normalized spacial score (nSPS) is 12.0. The van der Waals surface area contributed by atoms with Crippen LogP contribution in [0.5, 0.6) is 11.5 Å². The van der Waals surface area contributed by atoms with E-state index >= 15 is 0 Å². The Bertz CT molecular complexity index is 419. The van der Waals surface area contributed by atoms with Gasteiger partial charge in [0.05, 0.1) is 18.7 Å². The van der Waals surface area contributed by atoms with Gasteiger partial charge in [-0.05, 0) is 13.0 Å². The first-order valence-corrected chi connectivity index (χ1v) is 5.30. The molecule has 1 aromatic carbocycles. The Morgan fingerprint density at radius 2 is 2.12 bits per heavy atom. The van der Waals surface area contributed by atoms with Crippen LogP contribution in [0.3, 0.4) is 0 Å². The number of methoxy groups -OCH3 is 1. The van der Waals surface area contributed by atoms with Gasteiger partial charge in [-0.3, -0.25) is 0 Å². The van der Waals surface area contributed by atoms with Gasteiger partial charge < -0.3 is 19.7 Å². The number of rotatable bonds is 5. The van der Waals surface area contributed by atoms with Crippen molar-refractivity contribution in [2.45, 2.75) is 13.0 Å². The molecule has 1 atom stereocenters. The first kappa shape index (κ1) is 13.6. The van der Waals surface area contributed by atoms with Crippen LogP contribution in [0.15, 0.2) is 12.1 Å². The van der Waals surface area contributed by atoms with Crippen molar-refractivity contribution in [1.82, 2.24) is 0 Å². The second-order valence-corrected chi connectivity index (χ2v) is 3.61. The molecular weight excluding hydrogens is 248 g/mol. The van der Waals surface area contributed by atoms with Crippen LogP contribution in [0.2, 0.25) is 5.02 Å². The summed E-state index contributed by atoms with van der Waals surface area (Å²) in [5.41, 5.74) is 0.102. The fraction of sp³-hybridized carbons (Fsp3) is 0.364. The molecule has 0 amide bonds. The summed E-state index contributed by atoms with van der Waals surface area (Å²) in [7, 11) is 1.43. The molecule has 0 saturated carbocycles. The topological polar surface area (TPSA) is 76.0 Å². The predicted octanol–water partition coefficient (Wildman–Crippen LogP) is 1.87. The number of carbonyl (C=O) groups is 1. The second-order valence-electron chi connectivity index (χ2n) is 3.20. The van der Waals surface area contributed by atoms with E-state index in [9.17, 15) is 9.90 Å². The first-order valence-electron chi connectivity index (χ1n) is 4.92. The lowest BCUT2D eigenvalue weighted by atomic mass is 10.1. The zero-order chi connectivity index (χ0) is 13.0. The number of aliphatic hydroxyl groups is 1. The molecule has 94 valence electrons. The number of benzene rings is 1. The molecule has 0 spiro atoms. The fourth-order valence-corrected chi connectivity index (χ4v) is 1.58. The van der Waals surface area contributed by atoms with Crippen molar-refractivity contribution in [1.29, 1.82) is 0 Å². The molecular formula is C11H13ClO5. The highest BCUT2D eigenvalue weighted by Crippen LogP contribution is 2.35. The molecule has 0 saturated heterocycles. The molecule has 0 aliphatic heterocycles. The quantitative estimate of drug-likeness (QED) is 0.845. The SMILES string of the molecule is CCOc1cc(OC)c(Cl)cc1C(O)C(=O)O. The number of aliphatic carboxylic acids is 1. The van der Waals surface area contributed by atoms with E-state index in [1.165, 1.54) is 19.2 Å². The van der Waals surface area contributed by atoms with E-state index in [0.717, 1.165) is 0 Å². The molecule has 1 unspecified atom stereocenters. The number of carboxylic acids is 1. The van der Waals surface area contributed by atoms with Gasteiger partial charge >= 0.3 is 5.97 Å². The lowest BCUT2D eigenvalue weighted by molar-refractivity contribution is -0.147. The van der Waals surface area contributed by atoms with Crippen molar-refractivity contribution in [2.75, 3.05) is 13.7 Å². The van der Waals surface area contributed by atoms with Gasteiger partial charge in [0, 0.05) is 11.6 Å². The largest absolute Gasteiger partial charge is 0.495 e. The lowest BCUT2D eigenvalue weighted by Crippen LogP contribution is -2.12. The summed E-state index contributed by atoms with van der Waals surface area (Å²) < 4.78 is 10.2. The van der Waals surface area contributed by atoms with Gasteiger partial charge in [0.2, 0.25) is 0 Å². The second kappa shape index (κ2) is 5.75. The van der Waals surface area contributed by atoms with Crippen LogP contribution < -0.4 is 9.47 Å². The predicted molar refractivity (Wildman–Crippen MR) is 61.8 cm³/mol. The Balaban J connectivity index is 3.26. The van der Waals surface area contributed by atoms with Crippen LogP contribution in [0, 0.1) is 0 Å². The third kappa shape index (κ3) is 3.01. The minimum Gasteiger partial charge on any atom is -0.495 e. The molecule has 0 aliphatic carbocycles. The summed E-state index contributed by atoms with van der Waals surface area (Å²) in [6.45, 7) is 2.09. The smallest absolute Gasteiger partial charge is 0.337 e. The molecule has 1 rings (SSSR count). The molecule has 1 aromatic rings. The summed E-state index contributed by atoms with van der Waals surface area (Å²) >= 11 is 5.87. The molecule has 0 fully saturated rings. The summed E-state index contributed by atoms with van der Waals surface area (Å²) in [5.74, 6) is -0.771. The fourth-order valence-electron chi connectivity index (χ4n) is 1.33. The highest BCUT2D eigenvalue weighted by atomic mass is 35.5. The molecule has 0 heterocycles. The van der Waals surface area contributed by atoms with E-state index < -0.39 is 12.1 Å². The maximum Gasteiger partial charge on any atom is 0.337 e. The third-order valence-corrected chi connectivity index (χ3v) is 2.41. The number of ether oxygens (including phenoxy) is 2. The minimum absolute atomic E-state index is 0.102. The van der Waals surface area contributed by atoms with Crippen LogP contribution in [0.1, 0.15) is 18.6 Å². The number of hydrogen-bond donors (Lipinski definition) is 2. The van der Waals surface area contributed by atoms with Crippen molar-refractivity contribution in [3.63, 3.8) is 0 Å². The van der Waals surface area contributed by atoms with E-state index in [0.29, 0.717) is 12.4 Å². The molecule has 0 radical (unpaired) electrons. The summed E-state index contributed by atoms with van der Waals surface area (Å²) in [6.07, 6.45) is -1.68. The van der Waals surface area contributed by atoms with Crippen molar-refractivity contribution < 1.29 is 24.5 Å². The standard InChI is InChI=1S/C11H13ClO5/c1-3-17-8-5-9(16-2)7(12)4-6(8)10(13)11(14)15/h4-5,10,13H,3H2,1-2H3,(H,14,15). The van der Waals surface area contributed by atoms with Crippen LogP contribution in [0.25, 0.3) is 0 Å². The van der Waals surface area contributed by atoms with E-state index in [2.05, 4.69) is 0 Å². The van der Waals surface area contributed by atoms with Gasteiger partial charge in [-0.1, -0.05) is 11.6 Å². The maximum absolute atomic E-state index is 10.7. The number of aliphatic hydroxyl groups excluding tert-OH is 1. The van der Waals surface area contributed by atoms with Gasteiger partial charge in [0.1, 0.15) is 11.5 Å². The third-order valence-electron chi connectivity index (χ3n) is 2.11. The van der Waals surface area contributed by atoms with Crippen molar-refractivity contribution in [3.05, 3.63) is 22.7 Å². The number of carboxylic acid groups (broad SMARTS) is 1. The molecule has 0 aromatic heterocycles. The van der Waals surface area contributed by atoms with Gasteiger partial charge in [-0.2, -0.15) is 0 Å². The Labute approximate surface area is 104 Å².